The minimum absolute atomic E-state index is 0.905. The number of hydrogen-bond acceptors (Lipinski definition) is 2. The van der Waals surface area contributed by atoms with E-state index in [9.17, 15) is 0 Å². The molecule has 0 N–H and O–H groups in total. The topological polar surface area (TPSA) is 16.4 Å². The number of hydrogen-bond donors (Lipinski definition) is 0. The van der Waals surface area contributed by atoms with Crippen molar-refractivity contribution in [3.8, 4) is 33.4 Å². The van der Waals surface area contributed by atoms with Gasteiger partial charge < -0.3 is 9.32 Å². The molecule has 1 aromatic heterocycles. The van der Waals surface area contributed by atoms with Crippen molar-refractivity contribution in [2.75, 3.05) is 4.90 Å². The summed E-state index contributed by atoms with van der Waals surface area (Å²) >= 11 is 0. The molecular formula is C50H33NO. The lowest BCUT2D eigenvalue weighted by Crippen LogP contribution is -2.10. The second kappa shape index (κ2) is 12.5. The zero-order valence-electron chi connectivity index (χ0n) is 28.4. The predicted octanol–water partition coefficient (Wildman–Crippen LogP) is 14.4. The fourth-order valence-electron chi connectivity index (χ4n) is 7.74. The molecule has 0 saturated heterocycles. The number of benzene rings is 9. The molecule has 2 heteroatoms. The Labute approximate surface area is 302 Å². The van der Waals surface area contributed by atoms with Gasteiger partial charge in [0, 0.05) is 27.5 Å². The lowest BCUT2D eigenvalue weighted by atomic mass is 9.91. The normalized spacial score (nSPS) is 11.5. The van der Waals surface area contributed by atoms with Gasteiger partial charge in [-0.3, -0.25) is 0 Å². The highest BCUT2D eigenvalue weighted by atomic mass is 16.3. The maximum Gasteiger partial charge on any atom is 0.136 e. The molecule has 0 saturated carbocycles. The summed E-state index contributed by atoms with van der Waals surface area (Å²) in [4.78, 5) is 2.35. The predicted molar refractivity (Wildman–Crippen MR) is 220 cm³/mol. The largest absolute Gasteiger partial charge is 0.456 e. The average molecular weight is 664 g/mol. The van der Waals surface area contributed by atoms with Crippen LogP contribution in [0.1, 0.15) is 0 Å². The zero-order chi connectivity index (χ0) is 34.4. The lowest BCUT2D eigenvalue weighted by molar-refractivity contribution is 0.669. The van der Waals surface area contributed by atoms with Crippen LogP contribution in [0.3, 0.4) is 0 Å². The first-order chi connectivity index (χ1) is 25.8. The van der Waals surface area contributed by atoms with Crippen molar-refractivity contribution in [2.24, 2.45) is 0 Å². The van der Waals surface area contributed by atoms with Crippen molar-refractivity contribution in [2.45, 2.75) is 0 Å². The van der Waals surface area contributed by atoms with Crippen LogP contribution in [0.25, 0.3) is 76.9 Å². The fraction of sp³-hybridized carbons (Fsp3) is 0. The van der Waals surface area contributed by atoms with E-state index in [4.69, 9.17) is 4.42 Å². The molecule has 0 amide bonds. The number of anilines is 3. The first-order valence-corrected chi connectivity index (χ1v) is 17.8. The summed E-state index contributed by atoms with van der Waals surface area (Å²) in [5.41, 5.74) is 12.3. The van der Waals surface area contributed by atoms with Crippen molar-refractivity contribution < 1.29 is 4.42 Å². The number of nitrogens with zero attached hydrogens (tertiary/aromatic N) is 1. The molecule has 0 aliphatic rings. The van der Waals surface area contributed by atoms with E-state index in [0.717, 1.165) is 50.1 Å². The van der Waals surface area contributed by atoms with Crippen LogP contribution in [-0.2, 0) is 0 Å². The summed E-state index contributed by atoms with van der Waals surface area (Å²) in [7, 11) is 0. The van der Waals surface area contributed by atoms with Crippen LogP contribution >= 0.6 is 0 Å². The van der Waals surface area contributed by atoms with Crippen LogP contribution in [0.4, 0.5) is 17.1 Å². The van der Waals surface area contributed by atoms with Crippen LogP contribution in [0.15, 0.2) is 205 Å². The number of fused-ring (bicyclic) bond motifs is 6. The highest BCUT2D eigenvalue weighted by Gasteiger charge is 2.18. The first kappa shape index (κ1) is 30.0. The van der Waals surface area contributed by atoms with Crippen LogP contribution in [0, 0.1) is 0 Å². The third-order valence-corrected chi connectivity index (χ3v) is 10.3. The SMILES string of the molecule is c1ccc(-c2ccc(-c3cc4oc5ccccc5c4c4ccc(-c5ccc(N(c6ccccc6)c6cccc7ccccc67)cc5)cc34)cc2)cc1. The van der Waals surface area contributed by atoms with Crippen LogP contribution in [-0.4, -0.2) is 0 Å². The third-order valence-electron chi connectivity index (χ3n) is 10.3. The van der Waals surface area contributed by atoms with Crippen LogP contribution < -0.4 is 4.90 Å². The Morgan fingerprint density at radius 3 is 1.71 bits per heavy atom. The highest BCUT2D eigenvalue weighted by Crippen LogP contribution is 2.43. The molecule has 0 atom stereocenters. The zero-order valence-corrected chi connectivity index (χ0v) is 28.4. The maximum absolute atomic E-state index is 6.46. The molecule has 0 spiro atoms. The van der Waals surface area contributed by atoms with E-state index in [-0.39, 0.29) is 0 Å². The van der Waals surface area contributed by atoms with Crippen molar-refractivity contribution in [3.05, 3.63) is 200 Å². The fourth-order valence-corrected chi connectivity index (χ4v) is 7.74. The van der Waals surface area contributed by atoms with Gasteiger partial charge in [0.05, 0.1) is 5.69 Å². The number of furan rings is 1. The lowest BCUT2D eigenvalue weighted by Gasteiger charge is -2.27. The van der Waals surface area contributed by atoms with Crippen molar-refractivity contribution >= 4 is 60.5 Å². The summed E-state index contributed by atoms with van der Waals surface area (Å²) in [5, 5.41) is 7.13. The molecule has 0 aliphatic carbocycles. The second-order valence-corrected chi connectivity index (χ2v) is 13.3. The van der Waals surface area contributed by atoms with Gasteiger partial charge in [-0.1, -0.05) is 152 Å². The van der Waals surface area contributed by atoms with Gasteiger partial charge >= 0.3 is 0 Å². The summed E-state index contributed by atoms with van der Waals surface area (Å²) in [5.74, 6) is 0. The summed E-state index contributed by atoms with van der Waals surface area (Å²) in [6.45, 7) is 0. The Morgan fingerprint density at radius 2 is 0.904 bits per heavy atom. The van der Waals surface area contributed by atoms with Gasteiger partial charge in [0.1, 0.15) is 11.2 Å². The Balaban J connectivity index is 1.11. The van der Waals surface area contributed by atoms with Gasteiger partial charge in [-0.2, -0.15) is 0 Å². The molecule has 0 aliphatic heterocycles. The third kappa shape index (κ3) is 5.12. The van der Waals surface area contributed by atoms with E-state index < -0.39 is 0 Å². The molecule has 10 aromatic rings. The highest BCUT2D eigenvalue weighted by molar-refractivity contribution is 6.22. The van der Waals surface area contributed by atoms with E-state index in [1.807, 2.05) is 6.07 Å². The molecule has 1 heterocycles. The molecular weight excluding hydrogens is 631 g/mol. The smallest absolute Gasteiger partial charge is 0.136 e. The van der Waals surface area contributed by atoms with E-state index >= 15 is 0 Å². The maximum atomic E-state index is 6.46. The van der Waals surface area contributed by atoms with Gasteiger partial charge in [0.25, 0.3) is 0 Å². The van der Waals surface area contributed by atoms with Gasteiger partial charge in [0.15, 0.2) is 0 Å². The molecule has 9 aromatic carbocycles. The standard InChI is InChI=1S/C50H33NO/c1-3-12-34(13-4-1)35-22-24-38(25-23-35)45-33-49-50(44-19-9-10-21-48(44)52-49)43-31-28-39(32-46(43)45)36-26-29-41(30-27-36)51(40-16-5-2-6-17-40)47-20-11-15-37-14-7-8-18-42(37)47/h1-33H. The molecule has 52 heavy (non-hydrogen) atoms. The summed E-state index contributed by atoms with van der Waals surface area (Å²) in [6, 6.07) is 71.6. The van der Waals surface area contributed by atoms with E-state index in [1.165, 1.54) is 43.8 Å². The number of para-hydroxylation sites is 2. The summed E-state index contributed by atoms with van der Waals surface area (Å²) < 4.78 is 6.46. The Hall–Kier alpha value is -6.90. The number of rotatable bonds is 6. The van der Waals surface area contributed by atoms with Gasteiger partial charge in [-0.25, -0.2) is 0 Å². The average Bonchev–Trinajstić information content (AvgIpc) is 3.60. The molecule has 0 bridgehead atoms. The Bertz CT molecular complexity index is 2870. The second-order valence-electron chi connectivity index (χ2n) is 13.3. The van der Waals surface area contributed by atoms with Gasteiger partial charge in [-0.15, -0.1) is 0 Å². The Morgan fingerprint density at radius 1 is 0.327 bits per heavy atom. The van der Waals surface area contributed by atoms with E-state index in [2.05, 4.69) is 199 Å². The minimum Gasteiger partial charge on any atom is -0.456 e. The summed E-state index contributed by atoms with van der Waals surface area (Å²) in [6.07, 6.45) is 0. The van der Waals surface area contributed by atoms with Crippen molar-refractivity contribution in [1.29, 1.82) is 0 Å². The van der Waals surface area contributed by atoms with Crippen LogP contribution in [0.5, 0.6) is 0 Å². The first-order valence-electron chi connectivity index (χ1n) is 17.8. The Kier molecular flexibility index (Phi) is 7.18. The quantitative estimate of drug-likeness (QED) is 0.176. The molecule has 0 unspecified atom stereocenters. The van der Waals surface area contributed by atoms with Crippen molar-refractivity contribution in [1.82, 2.24) is 0 Å². The molecule has 2 nitrogen and oxygen atoms in total. The monoisotopic (exact) mass is 663 g/mol. The van der Waals surface area contributed by atoms with E-state index in [0.29, 0.717) is 0 Å². The van der Waals surface area contributed by atoms with E-state index in [1.54, 1.807) is 0 Å². The van der Waals surface area contributed by atoms with Gasteiger partial charge in [0.2, 0.25) is 0 Å². The molecule has 10 rings (SSSR count). The van der Waals surface area contributed by atoms with Crippen LogP contribution in [0.2, 0.25) is 0 Å². The minimum atomic E-state index is 0.905. The molecule has 0 fully saturated rings. The molecule has 0 radical (unpaired) electrons. The van der Waals surface area contributed by atoms with Gasteiger partial charge in [-0.05, 0) is 98.1 Å². The van der Waals surface area contributed by atoms with Crippen molar-refractivity contribution in [3.63, 3.8) is 0 Å². The molecule has 244 valence electrons.